The molecule has 3 heteroatoms. The Kier molecular flexibility index (Phi) is 5.09. The number of carbonyl (C=O) groups excluding carboxylic acids is 1. The maximum atomic E-state index is 12.4. The molecule has 2 rings (SSSR count). The third kappa shape index (κ3) is 4.85. The van der Waals surface area contributed by atoms with Crippen molar-refractivity contribution in [2.75, 3.05) is 0 Å². The third-order valence-corrected chi connectivity index (χ3v) is 3.67. The molecule has 2 N–H and O–H groups in total. The van der Waals surface area contributed by atoms with Crippen LogP contribution < -0.4 is 5.32 Å². The van der Waals surface area contributed by atoms with Gasteiger partial charge in [0, 0.05) is 23.4 Å². The normalized spacial score (nSPS) is 12.7. The summed E-state index contributed by atoms with van der Waals surface area (Å²) >= 11 is 0. The first-order valence-corrected chi connectivity index (χ1v) is 7.92. The number of nitrogens with one attached hydrogen (secondary N) is 1. The number of hydrogen-bond donors (Lipinski definition) is 2. The van der Waals surface area contributed by atoms with Crippen LogP contribution in [0.25, 0.3) is 0 Å². The molecule has 0 aliphatic rings. The van der Waals surface area contributed by atoms with Gasteiger partial charge < -0.3 is 10.4 Å². The Morgan fingerprint density at radius 3 is 2.35 bits per heavy atom. The molecular formula is C20H25NO2. The highest BCUT2D eigenvalue weighted by molar-refractivity contribution is 5.78. The van der Waals surface area contributed by atoms with Crippen molar-refractivity contribution in [2.24, 2.45) is 0 Å². The SMILES string of the molecule is Cc1ccc([C@H](CC(=O)NC(C)(C)C)c2ccccc2)c(O)c1. The van der Waals surface area contributed by atoms with E-state index in [1.165, 1.54) is 0 Å². The van der Waals surface area contributed by atoms with Gasteiger partial charge in [0.2, 0.25) is 5.91 Å². The molecule has 0 aliphatic heterocycles. The predicted octanol–water partition coefficient (Wildman–Crippen LogP) is 4.14. The first-order chi connectivity index (χ1) is 10.8. The van der Waals surface area contributed by atoms with Crippen LogP contribution in [0.3, 0.4) is 0 Å². The Balaban J connectivity index is 2.35. The van der Waals surface area contributed by atoms with Gasteiger partial charge in [0.25, 0.3) is 0 Å². The fraction of sp³-hybridized carbons (Fsp3) is 0.350. The lowest BCUT2D eigenvalue weighted by atomic mass is 9.87. The van der Waals surface area contributed by atoms with E-state index in [1.54, 1.807) is 6.07 Å². The van der Waals surface area contributed by atoms with Crippen molar-refractivity contribution in [1.29, 1.82) is 0 Å². The van der Waals surface area contributed by atoms with Gasteiger partial charge in [-0.25, -0.2) is 0 Å². The van der Waals surface area contributed by atoms with Crippen molar-refractivity contribution in [3.8, 4) is 5.75 Å². The number of aryl methyl sites for hydroxylation is 1. The lowest BCUT2D eigenvalue weighted by Crippen LogP contribution is -2.41. The molecule has 1 amide bonds. The number of benzene rings is 2. The molecule has 0 saturated heterocycles. The molecule has 0 radical (unpaired) electrons. The highest BCUT2D eigenvalue weighted by Crippen LogP contribution is 2.34. The van der Waals surface area contributed by atoms with Crippen molar-refractivity contribution in [1.82, 2.24) is 5.32 Å². The predicted molar refractivity (Wildman–Crippen MR) is 93.6 cm³/mol. The summed E-state index contributed by atoms with van der Waals surface area (Å²) in [6.07, 6.45) is 0.303. The second-order valence-corrected chi connectivity index (χ2v) is 7.03. The number of amides is 1. The van der Waals surface area contributed by atoms with Crippen LogP contribution in [0.5, 0.6) is 5.75 Å². The Labute approximate surface area is 138 Å². The van der Waals surface area contributed by atoms with Gasteiger partial charge in [-0.15, -0.1) is 0 Å². The molecule has 0 heterocycles. The van der Waals surface area contributed by atoms with E-state index < -0.39 is 0 Å². The van der Waals surface area contributed by atoms with Crippen LogP contribution in [-0.2, 0) is 4.79 Å². The highest BCUT2D eigenvalue weighted by Gasteiger charge is 2.23. The molecule has 1 atom stereocenters. The monoisotopic (exact) mass is 311 g/mol. The van der Waals surface area contributed by atoms with E-state index in [0.29, 0.717) is 6.42 Å². The van der Waals surface area contributed by atoms with E-state index in [2.05, 4.69) is 5.32 Å². The summed E-state index contributed by atoms with van der Waals surface area (Å²) in [4.78, 5) is 12.4. The molecular weight excluding hydrogens is 286 g/mol. The van der Waals surface area contributed by atoms with Crippen LogP contribution in [0.15, 0.2) is 48.5 Å². The van der Waals surface area contributed by atoms with Crippen LogP contribution in [0.4, 0.5) is 0 Å². The van der Waals surface area contributed by atoms with Gasteiger partial charge in [0.05, 0.1) is 0 Å². The van der Waals surface area contributed by atoms with E-state index in [-0.39, 0.29) is 23.1 Å². The van der Waals surface area contributed by atoms with Gasteiger partial charge in [0.15, 0.2) is 0 Å². The number of phenolic OH excluding ortho intramolecular Hbond substituents is 1. The van der Waals surface area contributed by atoms with Crippen molar-refractivity contribution >= 4 is 5.91 Å². The van der Waals surface area contributed by atoms with Crippen molar-refractivity contribution < 1.29 is 9.90 Å². The summed E-state index contributed by atoms with van der Waals surface area (Å²) in [6, 6.07) is 15.5. The first-order valence-electron chi connectivity index (χ1n) is 7.92. The second-order valence-electron chi connectivity index (χ2n) is 7.03. The average Bonchev–Trinajstić information content (AvgIpc) is 2.44. The minimum absolute atomic E-state index is 0.0219. The number of rotatable bonds is 4. The first kappa shape index (κ1) is 17.1. The van der Waals surface area contributed by atoms with E-state index in [1.807, 2.05) is 70.2 Å². The van der Waals surface area contributed by atoms with Gasteiger partial charge in [-0.1, -0.05) is 42.5 Å². The Bertz CT molecular complexity index is 672. The fourth-order valence-corrected chi connectivity index (χ4v) is 2.70. The summed E-state index contributed by atoms with van der Waals surface area (Å²) in [5.74, 6) is 0.0490. The minimum Gasteiger partial charge on any atom is -0.508 e. The van der Waals surface area contributed by atoms with Crippen LogP contribution >= 0.6 is 0 Å². The molecule has 23 heavy (non-hydrogen) atoms. The summed E-state index contributed by atoms with van der Waals surface area (Å²) in [5, 5.41) is 13.3. The van der Waals surface area contributed by atoms with E-state index in [0.717, 1.165) is 16.7 Å². The molecule has 0 unspecified atom stereocenters. The number of carbonyl (C=O) groups is 1. The molecule has 122 valence electrons. The van der Waals surface area contributed by atoms with Gasteiger partial charge in [-0.05, 0) is 44.9 Å². The zero-order chi connectivity index (χ0) is 17.0. The van der Waals surface area contributed by atoms with Gasteiger partial charge in [0.1, 0.15) is 5.75 Å². The van der Waals surface area contributed by atoms with Crippen molar-refractivity contribution in [3.63, 3.8) is 0 Å². The standard InChI is InChI=1S/C20H25NO2/c1-14-10-11-16(18(22)12-14)17(15-8-6-5-7-9-15)13-19(23)21-20(2,3)4/h5-12,17,22H,13H2,1-4H3,(H,21,23)/t17-/m1/s1. The van der Waals surface area contributed by atoms with Crippen LogP contribution in [0.2, 0.25) is 0 Å². The molecule has 0 saturated carbocycles. The smallest absolute Gasteiger partial charge is 0.221 e. The molecule has 0 spiro atoms. The molecule has 3 nitrogen and oxygen atoms in total. The van der Waals surface area contributed by atoms with Crippen molar-refractivity contribution in [3.05, 3.63) is 65.2 Å². The minimum atomic E-state index is -0.270. The molecule has 0 aromatic heterocycles. The number of phenols is 1. The third-order valence-electron chi connectivity index (χ3n) is 3.67. The van der Waals surface area contributed by atoms with Crippen molar-refractivity contribution in [2.45, 2.75) is 45.6 Å². The zero-order valence-corrected chi connectivity index (χ0v) is 14.3. The maximum Gasteiger partial charge on any atom is 0.221 e. The Morgan fingerprint density at radius 1 is 1.13 bits per heavy atom. The van der Waals surface area contributed by atoms with E-state index >= 15 is 0 Å². The Morgan fingerprint density at radius 2 is 1.78 bits per heavy atom. The number of aromatic hydroxyl groups is 1. The molecule has 0 fully saturated rings. The quantitative estimate of drug-likeness (QED) is 0.891. The van der Waals surface area contributed by atoms with Gasteiger partial charge in [-0.2, -0.15) is 0 Å². The topological polar surface area (TPSA) is 49.3 Å². The fourth-order valence-electron chi connectivity index (χ4n) is 2.70. The second kappa shape index (κ2) is 6.86. The number of hydrogen-bond acceptors (Lipinski definition) is 2. The Hall–Kier alpha value is -2.29. The van der Waals surface area contributed by atoms with Gasteiger partial charge >= 0.3 is 0 Å². The van der Waals surface area contributed by atoms with Gasteiger partial charge in [-0.3, -0.25) is 4.79 Å². The molecule has 2 aromatic carbocycles. The molecule has 2 aromatic rings. The summed E-state index contributed by atoms with van der Waals surface area (Å²) < 4.78 is 0. The zero-order valence-electron chi connectivity index (χ0n) is 14.3. The average molecular weight is 311 g/mol. The summed E-state index contributed by atoms with van der Waals surface area (Å²) in [7, 11) is 0. The van der Waals surface area contributed by atoms with E-state index in [4.69, 9.17) is 0 Å². The summed E-state index contributed by atoms with van der Waals surface area (Å²) in [6.45, 7) is 7.83. The molecule has 0 aliphatic carbocycles. The lowest BCUT2D eigenvalue weighted by molar-refractivity contribution is -0.122. The van der Waals surface area contributed by atoms with Crippen LogP contribution in [-0.4, -0.2) is 16.6 Å². The maximum absolute atomic E-state index is 12.4. The lowest BCUT2D eigenvalue weighted by Gasteiger charge is -2.24. The summed E-state index contributed by atoms with van der Waals surface area (Å²) in [5.41, 5.74) is 2.53. The van der Waals surface area contributed by atoms with Crippen LogP contribution in [0.1, 0.15) is 49.8 Å². The van der Waals surface area contributed by atoms with Crippen LogP contribution in [0, 0.1) is 6.92 Å². The largest absolute Gasteiger partial charge is 0.508 e. The van der Waals surface area contributed by atoms with E-state index in [9.17, 15) is 9.90 Å². The highest BCUT2D eigenvalue weighted by atomic mass is 16.3. The molecule has 0 bridgehead atoms.